The van der Waals surface area contributed by atoms with E-state index < -0.39 is 8.07 Å². The third-order valence-corrected chi connectivity index (χ3v) is 4.75. The average molecular weight is 275 g/mol. The van der Waals surface area contributed by atoms with E-state index in [-0.39, 0.29) is 11.4 Å². The van der Waals surface area contributed by atoms with Gasteiger partial charge in [0, 0.05) is 4.47 Å². The molecule has 0 aromatic heterocycles. The van der Waals surface area contributed by atoms with Crippen LogP contribution < -0.4 is 5.19 Å². The first-order valence-electron chi connectivity index (χ1n) is 4.31. The number of hydrogen-bond acceptors (Lipinski definition) is 1. The van der Waals surface area contributed by atoms with Crippen LogP contribution in [0.2, 0.25) is 19.6 Å². The molecule has 14 heavy (non-hydrogen) atoms. The molecule has 76 valence electrons. The van der Waals surface area contributed by atoms with Crippen LogP contribution in [0.4, 0.5) is 4.39 Å². The summed E-state index contributed by atoms with van der Waals surface area (Å²) in [6, 6.07) is 3.50. The molecule has 1 nitrogen and oxygen atoms in total. The number of carbonyl (C=O) groups excluding carboxylic acids is 1. The van der Waals surface area contributed by atoms with Crippen molar-refractivity contribution in [3.8, 4) is 0 Å². The fraction of sp³-hybridized carbons (Fsp3) is 0.300. The van der Waals surface area contributed by atoms with Gasteiger partial charge in [-0.2, -0.15) is 0 Å². The van der Waals surface area contributed by atoms with E-state index in [2.05, 4.69) is 15.9 Å². The van der Waals surface area contributed by atoms with Gasteiger partial charge < -0.3 is 0 Å². The highest BCUT2D eigenvalue weighted by atomic mass is 79.9. The van der Waals surface area contributed by atoms with Crippen molar-refractivity contribution in [3.05, 3.63) is 28.0 Å². The molecule has 0 saturated carbocycles. The van der Waals surface area contributed by atoms with Gasteiger partial charge in [0.2, 0.25) is 0 Å². The Kier molecular flexibility index (Phi) is 3.27. The van der Waals surface area contributed by atoms with E-state index >= 15 is 0 Å². The molecule has 0 amide bonds. The van der Waals surface area contributed by atoms with Crippen LogP contribution in [0.15, 0.2) is 16.6 Å². The molecule has 0 bridgehead atoms. The molecule has 0 unspecified atom stereocenters. The molecular formula is C10H12BrFOSi. The van der Waals surface area contributed by atoms with E-state index in [0.717, 1.165) is 0 Å². The van der Waals surface area contributed by atoms with Crippen LogP contribution in [0.3, 0.4) is 0 Å². The molecule has 4 heteroatoms. The van der Waals surface area contributed by atoms with Gasteiger partial charge in [-0.05, 0) is 27.2 Å². The number of hydrogen-bond donors (Lipinski definition) is 0. The van der Waals surface area contributed by atoms with Crippen molar-refractivity contribution in [3.63, 3.8) is 0 Å². The largest absolute Gasteiger partial charge is 0.298 e. The fourth-order valence-corrected chi connectivity index (χ4v) is 3.03. The van der Waals surface area contributed by atoms with Crippen LogP contribution in [0.25, 0.3) is 0 Å². The second-order valence-corrected chi connectivity index (χ2v) is 10.1. The molecule has 0 fully saturated rings. The Bertz CT molecular complexity index is 371. The summed E-state index contributed by atoms with van der Waals surface area (Å²) in [6.07, 6.45) is 0.559. The Labute approximate surface area is 92.5 Å². The lowest BCUT2D eigenvalue weighted by atomic mass is 10.2. The SMILES string of the molecule is C[Si](C)(C)c1ccc(Br)c(C=O)c1F. The van der Waals surface area contributed by atoms with Gasteiger partial charge in [0.15, 0.2) is 6.29 Å². The van der Waals surface area contributed by atoms with Gasteiger partial charge in [-0.25, -0.2) is 4.39 Å². The Morgan fingerprint density at radius 2 is 1.93 bits per heavy atom. The van der Waals surface area contributed by atoms with Gasteiger partial charge >= 0.3 is 0 Å². The molecule has 0 spiro atoms. The molecule has 0 saturated heterocycles. The van der Waals surface area contributed by atoms with E-state index in [4.69, 9.17) is 0 Å². The maximum absolute atomic E-state index is 13.8. The molecule has 1 aromatic carbocycles. The van der Waals surface area contributed by atoms with E-state index in [1.807, 2.05) is 19.6 Å². The van der Waals surface area contributed by atoms with Gasteiger partial charge in [-0.1, -0.05) is 25.7 Å². The third kappa shape index (κ3) is 2.12. The Morgan fingerprint density at radius 3 is 2.36 bits per heavy atom. The van der Waals surface area contributed by atoms with Crippen molar-refractivity contribution in [2.45, 2.75) is 19.6 Å². The Hall–Kier alpha value is -0.483. The van der Waals surface area contributed by atoms with Gasteiger partial charge in [0.25, 0.3) is 0 Å². The first-order chi connectivity index (χ1) is 6.38. The minimum Gasteiger partial charge on any atom is -0.298 e. The molecule has 1 aromatic rings. The quantitative estimate of drug-likeness (QED) is 0.599. The molecule has 0 aliphatic rings. The monoisotopic (exact) mass is 274 g/mol. The van der Waals surface area contributed by atoms with Crippen molar-refractivity contribution in [1.82, 2.24) is 0 Å². The number of aldehydes is 1. The van der Waals surface area contributed by atoms with Crippen LogP contribution in [-0.2, 0) is 0 Å². The summed E-state index contributed by atoms with van der Waals surface area (Å²) >= 11 is 3.15. The zero-order chi connectivity index (χ0) is 10.9. The van der Waals surface area contributed by atoms with Crippen LogP contribution in [0, 0.1) is 5.82 Å². The van der Waals surface area contributed by atoms with Crippen molar-refractivity contribution >= 4 is 35.5 Å². The molecule has 0 radical (unpaired) electrons. The van der Waals surface area contributed by atoms with E-state index in [1.165, 1.54) is 0 Å². The number of halogens is 2. The first kappa shape index (κ1) is 11.6. The number of rotatable bonds is 2. The van der Waals surface area contributed by atoms with E-state index in [9.17, 15) is 9.18 Å². The number of benzene rings is 1. The van der Waals surface area contributed by atoms with Gasteiger partial charge in [-0.3, -0.25) is 4.79 Å². The molecule has 0 aliphatic carbocycles. The summed E-state index contributed by atoms with van der Waals surface area (Å²) in [7, 11) is -1.70. The molecule has 0 atom stereocenters. The smallest absolute Gasteiger partial charge is 0.154 e. The summed E-state index contributed by atoms with van der Waals surface area (Å²) in [4.78, 5) is 10.7. The van der Waals surface area contributed by atoms with Gasteiger partial charge in [0.05, 0.1) is 13.6 Å². The van der Waals surface area contributed by atoms with Crippen molar-refractivity contribution in [2.75, 3.05) is 0 Å². The van der Waals surface area contributed by atoms with Crippen LogP contribution in [-0.4, -0.2) is 14.4 Å². The lowest BCUT2D eigenvalue weighted by Gasteiger charge is -2.18. The van der Waals surface area contributed by atoms with Crippen LogP contribution in [0.1, 0.15) is 10.4 Å². The molecular weight excluding hydrogens is 263 g/mol. The normalized spacial score (nSPS) is 11.5. The lowest BCUT2D eigenvalue weighted by molar-refractivity contribution is 0.111. The topological polar surface area (TPSA) is 17.1 Å². The Balaban J connectivity index is 3.43. The third-order valence-electron chi connectivity index (χ3n) is 2.05. The molecule has 0 N–H and O–H groups in total. The number of carbonyl (C=O) groups is 1. The van der Waals surface area contributed by atoms with E-state index in [1.54, 1.807) is 12.1 Å². The first-order valence-corrected chi connectivity index (χ1v) is 8.61. The highest BCUT2D eigenvalue weighted by molar-refractivity contribution is 9.10. The minimum absolute atomic E-state index is 0.130. The predicted octanol–water partition coefficient (Wildman–Crippen LogP) is 2.95. The Morgan fingerprint density at radius 1 is 1.36 bits per heavy atom. The van der Waals surface area contributed by atoms with Crippen molar-refractivity contribution in [1.29, 1.82) is 0 Å². The molecule has 0 heterocycles. The highest BCUT2D eigenvalue weighted by Crippen LogP contribution is 2.18. The summed E-state index contributed by atoms with van der Waals surface area (Å²) in [5.41, 5.74) is 0.130. The molecule has 1 rings (SSSR count). The second kappa shape index (κ2) is 3.94. The summed E-state index contributed by atoms with van der Waals surface area (Å²) in [5, 5.41) is 0.697. The second-order valence-electron chi connectivity index (χ2n) is 4.19. The van der Waals surface area contributed by atoms with Crippen molar-refractivity contribution in [2.24, 2.45) is 0 Å². The molecule has 0 aliphatic heterocycles. The zero-order valence-corrected chi connectivity index (χ0v) is 11.0. The fourth-order valence-electron chi connectivity index (χ4n) is 1.26. The predicted molar refractivity (Wildman–Crippen MR) is 62.5 cm³/mol. The van der Waals surface area contributed by atoms with Crippen molar-refractivity contribution < 1.29 is 9.18 Å². The minimum atomic E-state index is -1.70. The van der Waals surface area contributed by atoms with Gasteiger partial charge in [0.1, 0.15) is 5.82 Å². The lowest BCUT2D eigenvalue weighted by Crippen LogP contribution is -2.40. The summed E-state index contributed by atoms with van der Waals surface area (Å²) in [5.74, 6) is -0.367. The summed E-state index contributed by atoms with van der Waals surface area (Å²) < 4.78 is 14.3. The average Bonchev–Trinajstić information content (AvgIpc) is 2.02. The maximum atomic E-state index is 13.8. The van der Waals surface area contributed by atoms with Gasteiger partial charge in [-0.15, -0.1) is 0 Å². The van der Waals surface area contributed by atoms with Crippen LogP contribution in [0.5, 0.6) is 0 Å². The zero-order valence-electron chi connectivity index (χ0n) is 8.40. The maximum Gasteiger partial charge on any atom is 0.154 e. The highest BCUT2D eigenvalue weighted by Gasteiger charge is 2.23. The summed E-state index contributed by atoms with van der Waals surface area (Å²) in [6.45, 7) is 6.15. The standard InChI is InChI=1S/C10H12BrFOSi/c1-14(2,3)9-5-4-8(11)7(6-13)10(9)12/h4-6H,1-3H3. The van der Waals surface area contributed by atoms with E-state index in [0.29, 0.717) is 15.9 Å². The van der Waals surface area contributed by atoms with Crippen LogP contribution >= 0.6 is 15.9 Å².